The predicted octanol–water partition coefficient (Wildman–Crippen LogP) is 2.73. The van der Waals surface area contributed by atoms with Gasteiger partial charge in [-0.25, -0.2) is 8.42 Å². The Morgan fingerprint density at radius 3 is 2.47 bits per heavy atom. The maximum atomic E-state index is 13.2. The van der Waals surface area contributed by atoms with Gasteiger partial charge >= 0.3 is 0 Å². The van der Waals surface area contributed by atoms with E-state index in [1.807, 2.05) is 13.8 Å². The largest absolute Gasteiger partial charge is 0.505 e. The van der Waals surface area contributed by atoms with E-state index in [0.29, 0.717) is 47.6 Å². The minimum Gasteiger partial charge on any atom is -0.505 e. The summed E-state index contributed by atoms with van der Waals surface area (Å²) in [6.45, 7) is 4.20. The molecule has 4 N–H and O–H groups in total. The van der Waals surface area contributed by atoms with Gasteiger partial charge in [0.25, 0.3) is 5.91 Å². The summed E-state index contributed by atoms with van der Waals surface area (Å²) in [5, 5.41) is 24.3. The van der Waals surface area contributed by atoms with Gasteiger partial charge in [-0.1, -0.05) is 6.92 Å². The Labute approximate surface area is 221 Å². The van der Waals surface area contributed by atoms with Crippen molar-refractivity contribution in [2.24, 2.45) is 0 Å². The molecule has 0 saturated carbocycles. The molecule has 0 radical (unpaired) electrons. The van der Waals surface area contributed by atoms with Crippen LogP contribution in [0.5, 0.6) is 11.5 Å². The first-order chi connectivity index (χ1) is 16.5. The normalized spacial score (nSPS) is 12.6. The summed E-state index contributed by atoms with van der Waals surface area (Å²) >= 11 is 0. The number of amidine groups is 1. The molecule has 3 rings (SSSR count). The van der Waals surface area contributed by atoms with Crippen molar-refractivity contribution in [2.45, 2.75) is 26.8 Å². The Hall–Kier alpha value is -3.12. The number of Topliss-reactive ketones (excluding diaryl/α,β-unsaturated/α-hetero) is 1. The third-order valence-electron chi connectivity index (χ3n) is 5.66. The van der Waals surface area contributed by atoms with Crippen molar-refractivity contribution >= 4 is 50.0 Å². The number of ketones is 1. The fraction of sp³-hybridized carbons (Fsp3) is 0.375. The van der Waals surface area contributed by atoms with Crippen LogP contribution in [0.3, 0.4) is 0 Å². The second-order valence-electron chi connectivity index (χ2n) is 8.28. The van der Waals surface area contributed by atoms with Crippen molar-refractivity contribution in [1.29, 1.82) is 5.41 Å². The van der Waals surface area contributed by atoms with Crippen molar-refractivity contribution in [3.05, 3.63) is 52.1 Å². The molecule has 1 heterocycles. The van der Waals surface area contributed by atoms with Crippen LogP contribution in [-0.2, 0) is 22.8 Å². The van der Waals surface area contributed by atoms with E-state index >= 15 is 0 Å². The number of ether oxygens (including phenoxy) is 1. The number of nitrogens with one attached hydrogen (secondary N) is 3. The molecule has 1 aliphatic rings. The molecule has 0 atom stereocenters. The zero-order chi connectivity index (χ0) is 25.9. The highest BCUT2D eigenvalue weighted by molar-refractivity contribution is 8.93. The molecule has 1 amide bonds. The van der Waals surface area contributed by atoms with Gasteiger partial charge in [-0.2, -0.15) is 0 Å². The van der Waals surface area contributed by atoms with Crippen LogP contribution in [0.15, 0.2) is 24.3 Å². The second kappa shape index (κ2) is 11.7. The molecule has 2 aromatic rings. The molecule has 0 unspecified atom stereocenters. The van der Waals surface area contributed by atoms with Crippen molar-refractivity contribution < 1.29 is 27.9 Å². The van der Waals surface area contributed by atoms with E-state index < -0.39 is 9.84 Å². The molecule has 0 spiro atoms. The SMILES string of the molecule is Br.CCOc1cc2c(cc1C(=O)NC)C(=N)N(CC(=O)c1cc(CC)c(O)c(NCS(C)(=O)=O)c1)C2. The smallest absolute Gasteiger partial charge is 0.254 e. The van der Waals surface area contributed by atoms with Gasteiger partial charge in [-0.05, 0) is 48.7 Å². The number of phenolic OH excluding ortho intramolecular Hbond substituents is 1. The topological polar surface area (TPSA) is 149 Å². The number of hydrogen-bond acceptors (Lipinski definition) is 8. The molecule has 0 saturated heterocycles. The molecule has 196 valence electrons. The quantitative estimate of drug-likeness (QED) is 0.247. The molecule has 1 aliphatic heterocycles. The van der Waals surface area contributed by atoms with Crippen molar-refractivity contribution in [2.75, 3.05) is 37.6 Å². The molecule has 0 fully saturated rings. The molecule has 2 aromatic carbocycles. The maximum Gasteiger partial charge on any atom is 0.254 e. The van der Waals surface area contributed by atoms with Crippen molar-refractivity contribution in [3.63, 3.8) is 0 Å². The van der Waals surface area contributed by atoms with Crippen LogP contribution in [0.25, 0.3) is 0 Å². The van der Waals surface area contributed by atoms with Gasteiger partial charge in [-0.3, -0.25) is 15.0 Å². The van der Waals surface area contributed by atoms with Crippen molar-refractivity contribution in [3.8, 4) is 11.5 Å². The Kier molecular flexibility index (Phi) is 9.50. The van der Waals surface area contributed by atoms with Crippen molar-refractivity contribution in [1.82, 2.24) is 10.2 Å². The minimum absolute atomic E-state index is 0. The number of benzene rings is 2. The molecule has 0 aliphatic carbocycles. The van der Waals surface area contributed by atoms with Crippen LogP contribution in [-0.4, -0.2) is 68.3 Å². The monoisotopic (exact) mass is 582 g/mol. The van der Waals surface area contributed by atoms with Gasteiger partial charge < -0.3 is 25.4 Å². The van der Waals surface area contributed by atoms with Crippen LogP contribution in [0.4, 0.5) is 5.69 Å². The number of amides is 1. The number of sulfone groups is 1. The van der Waals surface area contributed by atoms with Gasteiger partial charge in [0.15, 0.2) is 15.6 Å². The van der Waals surface area contributed by atoms with E-state index in [0.717, 1.165) is 11.8 Å². The van der Waals surface area contributed by atoms with E-state index in [9.17, 15) is 23.1 Å². The fourth-order valence-electron chi connectivity index (χ4n) is 3.88. The standard InChI is InChI=1S/C24H30N4O6S.BrH/c1-5-14-7-15(8-19(22(14)30)27-13-35(4,32)33)20(29)12-28-11-16-9-21(34-6-2)18(24(31)26-3)10-17(16)23(28)25;/h7-10,25,27,30H,5-6,11-13H2,1-4H3,(H,26,31);1H. The van der Waals surface area contributed by atoms with Crippen LogP contribution in [0.2, 0.25) is 0 Å². The van der Waals surface area contributed by atoms with Crippen LogP contribution in [0, 0.1) is 5.41 Å². The molecular weight excluding hydrogens is 552 g/mol. The van der Waals surface area contributed by atoms with E-state index in [1.54, 1.807) is 23.1 Å². The van der Waals surface area contributed by atoms with Crippen LogP contribution >= 0.6 is 17.0 Å². The Morgan fingerprint density at radius 1 is 1.19 bits per heavy atom. The molecule has 0 aromatic heterocycles. The second-order valence-corrected chi connectivity index (χ2v) is 10.4. The maximum absolute atomic E-state index is 13.2. The fourth-order valence-corrected chi connectivity index (χ4v) is 4.30. The van der Waals surface area contributed by atoms with Gasteiger partial charge in [0.2, 0.25) is 0 Å². The average molecular weight is 584 g/mol. The number of carbonyl (C=O) groups is 2. The average Bonchev–Trinajstić information content (AvgIpc) is 3.11. The van der Waals surface area contributed by atoms with Gasteiger partial charge in [0.05, 0.1) is 24.4 Å². The molecule has 10 nitrogen and oxygen atoms in total. The highest BCUT2D eigenvalue weighted by atomic mass is 79.9. The van der Waals surface area contributed by atoms with Gasteiger partial charge in [-0.15, -0.1) is 17.0 Å². The van der Waals surface area contributed by atoms with Gasteiger partial charge in [0.1, 0.15) is 23.2 Å². The first kappa shape index (κ1) is 29.1. The number of nitrogens with zero attached hydrogens (tertiary/aromatic N) is 1. The number of rotatable bonds is 10. The lowest BCUT2D eigenvalue weighted by molar-refractivity contribution is 0.0953. The number of carbonyl (C=O) groups excluding carboxylic acids is 2. The van der Waals surface area contributed by atoms with Gasteiger partial charge in [0, 0.05) is 31.0 Å². The molecular formula is C24H31BrN4O6S. The van der Waals surface area contributed by atoms with E-state index in [1.165, 1.54) is 13.1 Å². The van der Waals surface area contributed by atoms with E-state index in [-0.39, 0.29) is 58.4 Å². The lowest BCUT2D eigenvalue weighted by atomic mass is 10.0. The number of aryl methyl sites for hydroxylation is 1. The molecule has 0 bridgehead atoms. The Morgan fingerprint density at radius 2 is 1.89 bits per heavy atom. The summed E-state index contributed by atoms with van der Waals surface area (Å²) in [6, 6.07) is 6.33. The highest BCUT2D eigenvalue weighted by Crippen LogP contribution is 2.32. The summed E-state index contributed by atoms with van der Waals surface area (Å²) in [5.74, 6) is -0.575. The Balaban J connectivity index is 0.00000456. The zero-order valence-electron chi connectivity index (χ0n) is 20.6. The van der Waals surface area contributed by atoms with E-state index in [4.69, 9.17) is 10.1 Å². The number of phenols is 1. The first-order valence-electron chi connectivity index (χ1n) is 11.1. The molecule has 12 heteroatoms. The minimum atomic E-state index is -3.35. The number of anilines is 1. The number of hydrogen-bond donors (Lipinski definition) is 4. The lowest BCUT2D eigenvalue weighted by Crippen LogP contribution is -2.30. The third-order valence-corrected chi connectivity index (χ3v) is 6.33. The zero-order valence-corrected chi connectivity index (χ0v) is 23.1. The number of halogens is 1. The summed E-state index contributed by atoms with van der Waals surface area (Å²) in [7, 11) is -1.83. The number of aromatic hydroxyl groups is 1. The van der Waals surface area contributed by atoms with Crippen LogP contribution in [0.1, 0.15) is 51.3 Å². The summed E-state index contributed by atoms with van der Waals surface area (Å²) in [4.78, 5) is 27.1. The first-order valence-corrected chi connectivity index (χ1v) is 13.2. The Bertz CT molecular complexity index is 1300. The highest BCUT2D eigenvalue weighted by Gasteiger charge is 2.29. The lowest BCUT2D eigenvalue weighted by Gasteiger charge is -2.18. The summed E-state index contributed by atoms with van der Waals surface area (Å²) in [6.07, 6.45) is 1.50. The predicted molar refractivity (Wildman–Crippen MR) is 144 cm³/mol. The molecule has 36 heavy (non-hydrogen) atoms. The summed E-state index contributed by atoms with van der Waals surface area (Å²) < 4.78 is 28.7. The van der Waals surface area contributed by atoms with E-state index in [2.05, 4.69) is 10.6 Å². The number of fused-ring (bicyclic) bond motifs is 1. The van der Waals surface area contributed by atoms with Crippen LogP contribution < -0.4 is 15.4 Å². The summed E-state index contributed by atoms with van der Waals surface area (Å²) in [5.41, 5.74) is 2.60. The third kappa shape index (κ3) is 6.35.